The Morgan fingerprint density at radius 2 is 0.941 bits per heavy atom. The van der Waals surface area contributed by atoms with E-state index in [0.717, 1.165) is 8.35 Å². The van der Waals surface area contributed by atoms with Crippen molar-refractivity contribution in [1.82, 2.24) is 0 Å². The zero-order valence-electron chi connectivity index (χ0n) is 32.3. The van der Waals surface area contributed by atoms with E-state index in [1.165, 1.54) is 47.8 Å². The minimum absolute atomic E-state index is 0.00688. The predicted molar refractivity (Wildman–Crippen MR) is 222 cm³/mol. The molecule has 2 aliphatic carbocycles. The van der Waals surface area contributed by atoms with Crippen molar-refractivity contribution < 1.29 is 15.1 Å². The van der Waals surface area contributed by atoms with Crippen molar-refractivity contribution in [2.24, 2.45) is 0 Å². The van der Waals surface area contributed by atoms with Gasteiger partial charge in [0.25, 0.3) is 0 Å². The Bertz CT molecular complexity index is 2180. The molecule has 5 aromatic rings. The van der Waals surface area contributed by atoms with E-state index in [0.29, 0.717) is 0 Å². The molecule has 0 aromatic heterocycles. The molecule has 0 atom stereocenters. The molecule has 0 N–H and O–H groups in total. The molecule has 2 aliphatic rings. The minimum atomic E-state index is -6.59. The molecule has 0 saturated carbocycles. The van der Waals surface area contributed by atoms with Gasteiger partial charge >= 0.3 is 304 Å². The molecule has 0 spiro atoms. The van der Waals surface area contributed by atoms with E-state index in [1.54, 1.807) is 0 Å². The topological polar surface area (TPSA) is 0 Å². The van der Waals surface area contributed by atoms with E-state index in [9.17, 15) is 0 Å². The first-order chi connectivity index (χ1) is 24.0. The summed E-state index contributed by atoms with van der Waals surface area (Å²) < 4.78 is 10.2. The van der Waals surface area contributed by atoms with Crippen molar-refractivity contribution in [3.63, 3.8) is 0 Å². The Morgan fingerprint density at radius 3 is 1.31 bits per heavy atom. The average molecular weight is 838 g/mol. The normalized spacial score (nSPS) is 17.1. The van der Waals surface area contributed by atoms with Crippen LogP contribution in [0.4, 0.5) is 0 Å². The summed E-state index contributed by atoms with van der Waals surface area (Å²) in [4.78, 5) is 0. The van der Waals surface area contributed by atoms with Crippen molar-refractivity contribution in [2.45, 2.75) is 85.6 Å². The molecule has 1 heteroatoms. The number of allylic oxidation sites excluding steroid dienone is 4. The average Bonchev–Trinajstić information content (AvgIpc) is 3.78. The predicted octanol–water partition coefficient (Wildman–Crippen LogP) is 13.0. The SMILES string of the molecule is [CH2]=[Hf]([CH2]c1ccccc1)([CH2]c1ccccc1)([c]1ccccc1)([CH](C)C)([CH]1C=CC=C1)[CH]1c2cc(C(C)(C)C)ccc2-c2ccc(C(C)(C)C)cc21. The van der Waals surface area contributed by atoms with E-state index in [1.807, 2.05) is 0 Å². The maximum absolute atomic E-state index is 6.59. The third kappa shape index (κ3) is 4.56. The number of hydrogen-bond acceptors (Lipinski definition) is 0. The Hall–Kier alpha value is -3.68. The second-order valence-electron chi connectivity index (χ2n) is 19.7. The monoisotopic (exact) mass is 838 g/mol. The Labute approximate surface area is 302 Å². The van der Waals surface area contributed by atoms with Crippen LogP contribution in [0, 0.1) is 0 Å². The number of benzene rings is 5. The zero-order chi connectivity index (χ0) is 36.4. The molecule has 0 amide bonds. The third-order valence-corrected chi connectivity index (χ3v) is 72.8. The van der Waals surface area contributed by atoms with Crippen LogP contribution in [0.25, 0.3) is 11.1 Å². The van der Waals surface area contributed by atoms with Crippen molar-refractivity contribution in [3.8, 4) is 11.1 Å². The van der Waals surface area contributed by atoms with Gasteiger partial charge in [-0.3, -0.25) is 0 Å². The van der Waals surface area contributed by atoms with Gasteiger partial charge in [0.05, 0.1) is 0 Å². The van der Waals surface area contributed by atoms with Gasteiger partial charge in [-0.15, -0.1) is 0 Å². The van der Waals surface area contributed by atoms with Crippen molar-refractivity contribution in [1.29, 1.82) is 0 Å². The van der Waals surface area contributed by atoms with E-state index >= 15 is 0 Å². The van der Waals surface area contributed by atoms with Crippen LogP contribution in [-0.4, -0.2) is 4.26 Å². The summed E-state index contributed by atoms with van der Waals surface area (Å²) in [6, 6.07) is 49.7. The molecule has 0 fully saturated rings. The summed E-state index contributed by atoms with van der Waals surface area (Å²) in [5, 5.41) is 0. The van der Waals surface area contributed by atoms with Crippen LogP contribution in [0.2, 0.25) is 7.35 Å². The first-order valence-corrected chi connectivity index (χ1v) is 34.9. The zero-order valence-corrected chi connectivity index (χ0v) is 35.9. The number of hydrogen-bond donors (Lipinski definition) is 0. The standard InChI is InChI=1S/C21H25.2C7H7.C6H5.C5H5.C3H7.CH2.Hf/c1-20(2,3)16-7-9-18-14(12-16)11-15-13-17(21(4,5)6)8-10-19(15)18;2*1-7-5-3-2-4-6-7;1-2-4-6-5-3-1;1-2-4-5-3-1;1-3-2;;/h7-13H,1-6H3;2*2-6H,1H2;1-5H;1-5H;3H,1-2H3;1H2;. The van der Waals surface area contributed by atoms with E-state index in [4.69, 9.17) is 4.26 Å². The molecule has 0 heterocycles. The molecule has 0 unspecified atom stereocenters. The van der Waals surface area contributed by atoms with Crippen LogP contribution in [0.1, 0.15) is 92.4 Å². The van der Waals surface area contributed by atoms with Crippen LogP contribution < -0.4 is 3.32 Å². The van der Waals surface area contributed by atoms with E-state index in [-0.39, 0.29) is 21.9 Å². The van der Waals surface area contributed by atoms with Gasteiger partial charge in [-0.25, -0.2) is 0 Å². The molecular weight excluding hydrogens is 779 g/mol. The second-order valence-corrected chi connectivity index (χ2v) is 62.1. The first-order valence-electron chi connectivity index (χ1n) is 19.2. The molecule has 7 rings (SSSR count). The van der Waals surface area contributed by atoms with E-state index in [2.05, 4.69) is 207 Å². The van der Waals surface area contributed by atoms with Crippen LogP contribution in [0.5, 0.6) is 0 Å². The Balaban J connectivity index is 1.85. The molecule has 0 saturated heterocycles. The first kappa shape index (κ1) is 35.7. The van der Waals surface area contributed by atoms with Crippen LogP contribution in [-0.2, 0) is 34.3 Å². The molecule has 51 heavy (non-hydrogen) atoms. The molecule has 5 aromatic carbocycles. The molecule has 262 valence electrons. The molecule has 0 nitrogen and oxygen atoms in total. The van der Waals surface area contributed by atoms with Crippen LogP contribution in [0.3, 0.4) is 0 Å². The van der Waals surface area contributed by atoms with Gasteiger partial charge < -0.3 is 0 Å². The van der Waals surface area contributed by atoms with Crippen molar-refractivity contribution in [3.05, 3.63) is 185 Å². The van der Waals surface area contributed by atoms with E-state index < -0.39 is 15.1 Å². The van der Waals surface area contributed by atoms with Gasteiger partial charge in [0.1, 0.15) is 0 Å². The summed E-state index contributed by atoms with van der Waals surface area (Å²) in [5.41, 5.74) is 11.2. The Morgan fingerprint density at radius 1 is 0.549 bits per heavy atom. The summed E-state index contributed by atoms with van der Waals surface area (Å²) >= 11 is -6.59. The maximum atomic E-state index is 6.47. The van der Waals surface area contributed by atoms with Crippen LogP contribution >= 0.6 is 0 Å². The fourth-order valence-electron chi connectivity index (χ4n) is 12.0. The van der Waals surface area contributed by atoms with Gasteiger partial charge in [-0.2, -0.15) is 0 Å². The van der Waals surface area contributed by atoms with Crippen LogP contribution in [0.15, 0.2) is 152 Å². The summed E-state index contributed by atoms with van der Waals surface area (Å²) in [7, 11) is 0. The van der Waals surface area contributed by atoms with Crippen molar-refractivity contribution in [2.75, 3.05) is 0 Å². The molecular formula is C50H58Hf. The number of fused-ring (bicyclic) bond motifs is 3. The quantitative estimate of drug-likeness (QED) is 0.137. The van der Waals surface area contributed by atoms with Gasteiger partial charge in [-0.1, -0.05) is 0 Å². The third-order valence-electron chi connectivity index (χ3n) is 15.3. The number of rotatable bonds is 8. The fourth-order valence-corrected chi connectivity index (χ4v) is 65.4. The molecule has 0 radical (unpaired) electrons. The van der Waals surface area contributed by atoms with Gasteiger partial charge in [0.2, 0.25) is 0 Å². The van der Waals surface area contributed by atoms with Crippen molar-refractivity contribution >= 4 is 7.58 Å². The summed E-state index contributed by atoms with van der Waals surface area (Å²) in [5.74, 6) is 0. The fraction of sp³-hybridized carbons (Fsp3) is 0.300. The second kappa shape index (κ2) is 11.2. The summed E-state index contributed by atoms with van der Waals surface area (Å²) in [6.45, 7) is 19.3. The molecule has 0 aliphatic heterocycles. The van der Waals surface area contributed by atoms with Gasteiger partial charge in [0.15, 0.2) is 0 Å². The summed E-state index contributed by atoms with van der Waals surface area (Å²) in [6.07, 6.45) is 9.82. The van der Waals surface area contributed by atoms with Gasteiger partial charge in [0, 0.05) is 0 Å². The molecule has 0 bridgehead atoms. The Kier molecular flexibility index (Phi) is 7.82. The van der Waals surface area contributed by atoms with Gasteiger partial charge in [-0.05, 0) is 0 Å².